The van der Waals surface area contributed by atoms with Gasteiger partial charge in [-0.1, -0.05) is 30.3 Å². The summed E-state index contributed by atoms with van der Waals surface area (Å²) >= 11 is 0. The fraction of sp³-hybridized carbons (Fsp3) is 0.533. The SMILES string of the molecule is CN=C(NC)NCC(C)(C)NC(C)c1ccccc1. The number of rotatable bonds is 5. The lowest BCUT2D eigenvalue weighted by atomic mass is 10.0. The zero-order chi connectivity index (χ0) is 14.3. The largest absolute Gasteiger partial charge is 0.359 e. The third-order valence-electron chi connectivity index (χ3n) is 3.07. The van der Waals surface area contributed by atoms with Crippen molar-refractivity contribution < 1.29 is 0 Å². The van der Waals surface area contributed by atoms with E-state index in [1.165, 1.54) is 5.56 Å². The highest BCUT2D eigenvalue weighted by molar-refractivity contribution is 5.79. The third kappa shape index (κ3) is 5.30. The minimum Gasteiger partial charge on any atom is -0.359 e. The van der Waals surface area contributed by atoms with Gasteiger partial charge in [0.25, 0.3) is 0 Å². The molecule has 0 radical (unpaired) electrons. The molecule has 1 rings (SSSR count). The van der Waals surface area contributed by atoms with Crippen LogP contribution in [0.5, 0.6) is 0 Å². The Bertz CT molecular complexity index is 398. The maximum Gasteiger partial charge on any atom is 0.190 e. The maximum absolute atomic E-state index is 4.11. The van der Waals surface area contributed by atoms with Crippen molar-refractivity contribution in [2.75, 3.05) is 20.6 Å². The van der Waals surface area contributed by atoms with Crippen molar-refractivity contribution in [2.24, 2.45) is 4.99 Å². The van der Waals surface area contributed by atoms with E-state index >= 15 is 0 Å². The molecule has 0 fully saturated rings. The van der Waals surface area contributed by atoms with Crippen LogP contribution in [-0.2, 0) is 0 Å². The maximum atomic E-state index is 4.11. The minimum absolute atomic E-state index is 0.0257. The summed E-state index contributed by atoms with van der Waals surface area (Å²) in [6.45, 7) is 7.35. The molecule has 0 saturated carbocycles. The van der Waals surface area contributed by atoms with Gasteiger partial charge in [0.1, 0.15) is 0 Å². The summed E-state index contributed by atoms with van der Waals surface area (Å²) in [6.07, 6.45) is 0. The standard InChI is InChI=1S/C15H26N4/c1-12(13-9-7-6-8-10-13)19-15(2,3)11-18-14(16-4)17-5/h6-10,12,19H,11H2,1-5H3,(H2,16,17,18). The Hall–Kier alpha value is -1.55. The number of nitrogens with one attached hydrogen (secondary N) is 3. The van der Waals surface area contributed by atoms with Crippen molar-refractivity contribution >= 4 is 5.96 Å². The number of hydrogen-bond acceptors (Lipinski definition) is 2. The van der Waals surface area contributed by atoms with Gasteiger partial charge < -0.3 is 16.0 Å². The average Bonchev–Trinajstić information content (AvgIpc) is 2.40. The fourth-order valence-corrected chi connectivity index (χ4v) is 2.05. The van der Waals surface area contributed by atoms with E-state index in [-0.39, 0.29) is 5.54 Å². The summed E-state index contributed by atoms with van der Waals surface area (Å²) < 4.78 is 0. The van der Waals surface area contributed by atoms with Crippen LogP contribution in [0.25, 0.3) is 0 Å². The molecule has 4 heteroatoms. The molecule has 0 aliphatic rings. The molecule has 1 atom stereocenters. The van der Waals surface area contributed by atoms with Crippen LogP contribution < -0.4 is 16.0 Å². The number of benzene rings is 1. The van der Waals surface area contributed by atoms with Gasteiger partial charge in [-0.2, -0.15) is 0 Å². The molecule has 1 unspecified atom stereocenters. The van der Waals surface area contributed by atoms with Gasteiger partial charge in [-0.15, -0.1) is 0 Å². The van der Waals surface area contributed by atoms with Gasteiger partial charge in [0.05, 0.1) is 0 Å². The Morgan fingerprint density at radius 2 is 1.89 bits per heavy atom. The molecule has 0 bridgehead atoms. The predicted octanol–water partition coefficient (Wildman–Crippen LogP) is 1.91. The zero-order valence-corrected chi connectivity index (χ0v) is 12.6. The van der Waals surface area contributed by atoms with Gasteiger partial charge in [-0.05, 0) is 26.3 Å². The molecular formula is C15H26N4. The van der Waals surface area contributed by atoms with Gasteiger partial charge in [0.2, 0.25) is 0 Å². The van der Waals surface area contributed by atoms with Crippen molar-refractivity contribution in [3.63, 3.8) is 0 Å². The Labute approximate surface area is 116 Å². The molecule has 4 nitrogen and oxygen atoms in total. The molecular weight excluding hydrogens is 236 g/mol. The van der Waals surface area contributed by atoms with E-state index in [0.29, 0.717) is 6.04 Å². The first kappa shape index (κ1) is 15.5. The summed E-state index contributed by atoms with van der Waals surface area (Å²) in [6, 6.07) is 10.8. The van der Waals surface area contributed by atoms with Gasteiger partial charge in [-0.25, -0.2) is 0 Å². The topological polar surface area (TPSA) is 48.5 Å². The molecule has 0 aliphatic carbocycles. The second kappa shape index (κ2) is 7.14. The van der Waals surface area contributed by atoms with E-state index in [2.05, 4.69) is 66.0 Å². The summed E-state index contributed by atoms with van der Waals surface area (Å²) in [5, 5.41) is 9.94. The molecule has 0 spiro atoms. The van der Waals surface area contributed by atoms with Crippen molar-refractivity contribution in [1.82, 2.24) is 16.0 Å². The lowest BCUT2D eigenvalue weighted by molar-refractivity contribution is 0.345. The smallest absolute Gasteiger partial charge is 0.190 e. The van der Waals surface area contributed by atoms with Crippen molar-refractivity contribution in [3.05, 3.63) is 35.9 Å². The predicted molar refractivity (Wildman–Crippen MR) is 82.5 cm³/mol. The minimum atomic E-state index is -0.0257. The molecule has 0 aliphatic heterocycles. The Morgan fingerprint density at radius 3 is 2.42 bits per heavy atom. The van der Waals surface area contributed by atoms with Crippen LogP contribution in [0.2, 0.25) is 0 Å². The van der Waals surface area contributed by atoms with Crippen LogP contribution in [0.15, 0.2) is 35.3 Å². The van der Waals surface area contributed by atoms with E-state index in [1.54, 1.807) is 7.05 Å². The first-order valence-electron chi connectivity index (χ1n) is 6.69. The molecule has 106 valence electrons. The fourth-order valence-electron chi connectivity index (χ4n) is 2.05. The van der Waals surface area contributed by atoms with Gasteiger partial charge >= 0.3 is 0 Å². The lowest BCUT2D eigenvalue weighted by Gasteiger charge is -2.31. The Balaban J connectivity index is 2.54. The molecule has 19 heavy (non-hydrogen) atoms. The molecule has 1 aromatic rings. The van der Waals surface area contributed by atoms with Crippen LogP contribution >= 0.6 is 0 Å². The lowest BCUT2D eigenvalue weighted by Crippen LogP contribution is -2.51. The molecule has 0 heterocycles. The molecule has 1 aromatic carbocycles. The van der Waals surface area contributed by atoms with E-state index < -0.39 is 0 Å². The third-order valence-corrected chi connectivity index (χ3v) is 3.07. The van der Waals surface area contributed by atoms with Crippen LogP contribution in [-0.4, -0.2) is 32.1 Å². The van der Waals surface area contributed by atoms with Gasteiger partial charge in [0, 0.05) is 32.2 Å². The van der Waals surface area contributed by atoms with E-state index in [0.717, 1.165) is 12.5 Å². The van der Waals surface area contributed by atoms with Crippen LogP contribution in [0.1, 0.15) is 32.4 Å². The first-order chi connectivity index (χ1) is 8.98. The van der Waals surface area contributed by atoms with Crippen molar-refractivity contribution in [3.8, 4) is 0 Å². The zero-order valence-electron chi connectivity index (χ0n) is 12.6. The van der Waals surface area contributed by atoms with Gasteiger partial charge in [0.15, 0.2) is 5.96 Å². The molecule has 0 saturated heterocycles. The summed E-state index contributed by atoms with van der Waals surface area (Å²) in [7, 11) is 3.63. The van der Waals surface area contributed by atoms with Crippen LogP contribution in [0.3, 0.4) is 0 Å². The number of hydrogen-bond donors (Lipinski definition) is 3. The Morgan fingerprint density at radius 1 is 1.26 bits per heavy atom. The Kier molecular flexibility index (Phi) is 5.83. The highest BCUT2D eigenvalue weighted by Crippen LogP contribution is 2.15. The normalized spacial score (nSPS) is 14.1. The summed E-state index contributed by atoms with van der Waals surface area (Å²) in [5.74, 6) is 0.808. The highest BCUT2D eigenvalue weighted by Gasteiger charge is 2.20. The number of nitrogens with zero attached hydrogens (tertiary/aromatic N) is 1. The van der Waals surface area contributed by atoms with Crippen LogP contribution in [0.4, 0.5) is 0 Å². The highest BCUT2D eigenvalue weighted by atomic mass is 15.2. The molecule has 3 N–H and O–H groups in total. The summed E-state index contributed by atoms with van der Waals surface area (Å²) in [5.41, 5.74) is 1.27. The van der Waals surface area contributed by atoms with Crippen molar-refractivity contribution in [2.45, 2.75) is 32.4 Å². The first-order valence-corrected chi connectivity index (χ1v) is 6.69. The van der Waals surface area contributed by atoms with Crippen LogP contribution in [0, 0.1) is 0 Å². The molecule has 0 aromatic heterocycles. The van der Waals surface area contributed by atoms with E-state index in [1.807, 2.05) is 13.1 Å². The second-order valence-corrected chi connectivity index (χ2v) is 5.34. The number of aliphatic imine (C=N–C) groups is 1. The number of guanidine groups is 1. The van der Waals surface area contributed by atoms with E-state index in [4.69, 9.17) is 0 Å². The van der Waals surface area contributed by atoms with Crippen molar-refractivity contribution in [1.29, 1.82) is 0 Å². The monoisotopic (exact) mass is 262 g/mol. The molecule has 0 amide bonds. The average molecular weight is 262 g/mol. The van der Waals surface area contributed by atoms with Gasteiger partial charge in [-0.3, -0.25) is 4.99 Å². The quantitative estimate of drug-likeness (QED) is 0.561. The van der Waals surface area contributed by atoms with E-state index in [9.17, 15) is 0 Å². The summed E-state index contributed by atoms with van der Waals surface area (Å²) in [4.78, 5) is 4.11. The second-order valence-electron chi connectivity index (χ2n) is 5.34.